The van der Waals surface area contributed by atoms with Crippen LogP contribution < -0.4 is 11.1 Å². The van der Waals surface area contributed by atoms with Gasteiger partial charge >= 0.3 is 0 Å². The Morgan fingerprint density at radius 3 is 2.83 bits per heavy atom. The molecule has 1 heterocycles. The highest BCUT2D eigenvalue weighted by Crippen LogP contribution is 2.09. The number of thiazole rings is 1. The predicted octanol–water partition coefficient (Wildman–Crippen LogP) is 1.50. The van der Waals surface area contributed by atoms with Crippen molar-refractivity contribution in [2.75, 3.05) is 6.54 Å². The number of nitrogens with one attached hydrogen (secondary N) is 1. The fraction of sp³-hybridized carbons (Fsp3) is 0.231. The minimum Gasteiger partial charge on any atom is -0.354 e. The number of nitrogens with zero attached hydrogens (tertiary/aromatic N) is 1. The van der Waals surface area contributed by atoms with Gasteiger partial charge in [-0.05, 0) is 5.56 Å². The fourth-order valence-corrected chi connectivity index (χ4v) is 2.19. The fourth-order valence-electron chi connectivity index (χ4n) is 1.60. The molecule has 0 saturated carbocycles. The molecule has 1 amide bonds. The topological polar surface area (TPSA) is 68.0 Å². The van der Waals surface area contributed by atoms with Crippen molar-refractivity contribution in [3.8, 4) is 0 Å². The summed E-state index contributed by atoms with van der Waals surface area (Å²) in [6.45, 7) is 0.559. The average molecular weight is 261 g/mol. The van der Waals surface area contributed by atoms with E-state index in [9.17, 15) is 4.79 Å². The normalized spacial score (nSPS) is 12.1. The maximum Gasteiger partial charge on any atom is 0.241 e. The Labute approximate surface area is 110 Å². The van der Waals surface area contributed by atoms with Gasteiger partial charge in [-0.1, -0.05) is 30.3 Å². The number of hydrogen-bond donors (Lipinski definition) is 2. The molecule has 0 aliphatic carbocycles. The van der Waals surface area contributed by atoms with Gasteiger partial charge in [0.2, 0.25) is 5.91 Å². The van der Waals surface area contributed by atoms with E-state index in [-0.39, 0.29) is 5.91 Å². The summed E-state index contributed by atoms with van der Waals surface area (Å²) < 4.78 is 0. The molecule has 0 aliphatic rings. The number of benzene rings is 1. The van der Waals surface area contributed by atoms with Crippen molar-refractivity contribution in [3.63, 3.8) is 0 Å². The Kier molecular flexibility index (Phi) is 4.44. The highest BCUT2D eigenvalue weighted by Gasteiger charge is 2.14. The Hall–Kier alpha value is -1.72. The van der Waals surface area contributed by atoms with Gasteiger partial charge in [0, 0.05) is 18.3 Å². The lowest BCUT2D eigenvalue weighted by Gasteiger charge is -2.11. The third kappa shape index (κ3) is 3.38. The van der Waals surface area contributed by atoms with Crippen LogP contribution in [0.1, 0.15) is 17.3 Å². The molecule has 0 aliphatic heterocycles. The number of nitrogens with two attached hydrogens (primary N) is 1. The van der Waals surface area contributed by atoms with Crippen LogP contribution in [0.3, 0.4) is 0 Å². The molecule has 0 radical (unpaired) electrons. The van der Waals surface area contributed by atoms with Crippen molar-refractivity contribution >= 4 is 17.2 Å². The summed E-state index contributed by atoms with van der Waals surface area (Å²) in [7, 11) is 0. The van der Waals surface area contributed by atoms with Crippen LogP contribution in [0.5, 0.6) is 0 Å². The molecule has 1 aromatic heterocycles. The van der Waals surface area contributed by atoms with Crippen LogP contribution in [0.15, 0.2) is 41.2 Å². The van der Waals surface area contributed by atoms with E-state index in [2.05, 4.69) is 10.3 Å². The molecular formula is C13H15N3OS. The van der Waals surface area contributed by atoms with Gasteiger partial charge < -0.3 is 11.1 Å². The van der Waals surface area contributed by atoms with E-state index in [1.807, 2.05) is 35.7 Å². The number of hydrogen-bond acceptors (Lipinski definition) is 4. The van der Waals surface area contributed by atoms with Crippen molar-refractivity contribution in [1.82, 2.24) is 10.3 Å². The number of carbonyl (C=O) groups is 1. The standard InChI is InChI=1S/C13H15N3OS/c14-12(10-4-2-1-3-5-10)13(17)15-7-6-11-8-18-9-16-11/h1-5,8-9,12H,6-7,14H2,(H,15,17)/t12-/m1/s1. The van der Waals surface area contributed by atoms with E-state index >= 15 is 0 Å². The summed E-state index contributed by atoms with van der Waals surface area (Å²) in [5.74, 6) is -0.156. The molecule has 1 atom stereocenters. The lowest BCUT2D eigenvalue weighted by Crippen LogP contribution is -2.35. The van der Waals surface area contributed by atoms with E-state index < -0.39 is 6.04 Å². The smallest absolute Gasteiger partial charge is 0.241 e. The molecular weight excluding hydrogens is 246 g/mol. The van der Waals surface area contributed by atoms with Gasteiger partial charge in [0.25, 0.3) is 0 Å². The van der Waals surface area contributed by atoms with Gasteiger partial charge in [-0.2, -0.15) is 0 Å². The van der Waals surface area contributed by atoms with Gasteiger partial charge in [0.15, 0.2) is 0 Å². The highest BCUT2D eigenvalue weighted by atomic mass is 32.1. The van der Waals surface area contributed by atoms with Gasteiger partial charge in [-0.25, -0.2) is 4.98 Å². The molecule has 18 heavy (non-hydrogen) atoms. The number of amides is 1. The average Bonchev–Trinajstić information content (AvgIpc) is 2.92. The van der Waals surface area contributed by atoms with Crippen molar-refractivity contribution in [1.29, 1.82) is 0 Å². The first kappa shape index (κ1) is 12.7. The molecule has 3 N–H and O–H groups in total. The van der Waals surface area contributed by atoms with Crippen LogP contribution in [0.2, 0.25) is 0 Å². The van der Waals surface area contributed by atoms with Crippen LogP contribution in [0.25, 0.3) is 0 Å². The molecule has 5 heteroatoms. The second-order valence-corrected chi connectivity index (χ2v) is 4.63. The molecule has 0 fully saturated rings. The second-order valence-electron chi connectivity index (χ2n) is 3.91. The van der Waals surface area contributed by atoms with Crippen molar-refractivity contribution in [2.45, 2.75) is 12.5 Å². The van der Waals surface area contributed by atoms with E-state index in [0.717, 1.165) is 17.7 Å². The summed E-state index contributed by atoms with van der Waals surface area (Å²) in [5.41, 5.74) is 9.47. The minimum atomic E-state index is -0.610. The SMILES string of the molecule is N[C@@H](C(=O)NCCc1cscn1)c1ccccc1. The first-order valence-corrected chi connectivity index (χ1v) is 6.67. The predicted molar refractivity (Wildman–Crippen MR) is 72.2 cm³/mol. The van der Waals surface area contributed by atoms with Gasteiger partial charge in [-0.3, -0.25) is 4.79 Å². The molecule has 0 unspecified atom stereocenters. The molecule has 0 saturated heterocycles. The Balaban J connectivity index is 1.81. The van der Waals surface area contributed by atoms with E-state index in [1.165, 1.54) is 0 Å². The zero-order valence-electron chi connectivity index (χ0n) is 9.87. The summed E-state index contributed by atoms with van der Waals surface area (Å²) in [6, 6.07) is 8.74. The monoisotopic (exact) mass is 261 g/mol. The van der Waals surface area contributed by atoms with Crippen molar-refractivity contribution in [3.05, 3.63) is 52.5 Å². The molecule has 0 spiro atoms. The Morgan fingerprint density at radius 2 is 2.17 bits per heavy atom. The van der Waals surface area contributed by atoms with Crippen LogP contribution in [0, 0.1) is 0 Å². The third-order valence-corrected chi connectivity index (χ3v) is 3.24. The summed E-state index contributed by atoms with van der Waals surface area (Å²) in [4.78, 5) is 16.0. The van der Waals surface area contributed by atoms with Crippen LogP contribution in [0.4, 0.5) is 0 Å². The van der Waals surface area contributed by atoms with E-state index in [4.69, 9.17) is 5.73 Å². The molecule has 2 aromatic rings. The molecule has 4 nitrogen and oxygen atoms in total. The Morgan fingerprint density at radius 1 is 1.39 bits per heavy atom. The van der Waals surface area contributed by atoms with E-state index in [1.54, 1.807) is 16.8 Å². The highest BCUT2D eigenvalue weighted by molar-refractivity contribution is 7.07. The lowest BCUT2D eigenvalue weighted by molar-refractivity contribution is -0.122. The molecule has 1 aromatic carbocycles. The van der Waals surface area contributed by atoms with Crippen LogP contribution >= 0.6 is 11.3 Å². The van der Waals surface area contributed by atoms with Crippen molar-refractivity contribution < 1.29 is 4.79 Å². The number of carbonyl (C=O) groups excluding carboxylic acids is 1. The summed E-state index contributed by atoms with van der Waals surface area (Å²) >= 11 is 1.55. The quantitative estimate of drug-likeness (QED) is 0.857. The number of aromatic nitrogens is 1. The van der Waals surface area contributed by atoms with Crippen molar-refractivity contribution in [2.24, 2.45) is 5.73 Å². The van der Waals surface area contributed by atoms with Gasteiger partial charge in [0.1, 0.15) is 6.04 Å². The van der Waals surface area contributed by atoms with Crippen LogP contribution in [-0.4, -0.2) is 17.4 Å². The minimum absolute atomic E-state index is 0.156. The zero-order chi connectivity index (χ0) is 12.8. The summed E-state index contributed by atoms with van der Waals surface area (Å²) in [6.07, 6.45) is 0.733. The van der Waals surface area contributed by atoms with Gasteiger partial charge in [0.05, 0.1) is 11.2 Å². The molecule has 94 valence electrons. The second kappa shape index (κ2) is 6.28. The molecule has 2 rings (SSSR count). The van der Waals surface area contributed by atoms with Gasteiger partial charge in [-0.15, -0.1) is 11.3 Å². The Bertz CT molecular complexity index is 484. The molecule has 0 bridgehead atoms. The maximum absolute atomic E-state index is 11.8. The van der Waals surface area contributed by atoms with Crippen LogP contribution in [-0.2, 0) is 11.2 Å². The largest absolute Gasteiger partial charge is 0.354 e. The van der Waals surface area contributed by atoms with E-state index in [0.29, 0.717) is 6.54 Å². The summed E-state index contributed by atoms with van der Waals surface area (Å²) in [5, 5.41) is 4.80. The first-order valence-electron chi connectivity index (χ1n) is 5.72. The zero-order valence-corrected chi connectivity index (χ0v) is 10.7. The lowest BCUT2D eigenvalue weighted by atomic mass is 10.1. The number of rotatable bonds is 5. The third-order valence-electron chi connectivity index (χ3n) is 2.60. The maximum atomic E-state index is 11.8. The first-order chi connectivity index (χ1) is 8.77.